The number of hydrogen-bond acceptors (Lipinski definition) is 6. The number of carbonyl (C=O) groups is 1. The van der Waals surface area contributed by atoms with Gasteiger partial charge in [0.05, 0.1) is 23.8 Å². The van der Waals surface area contributed by atoms with Gasteiger partial charge in [-0.2, -0.15) is 5.10 Å². The molecule has 1 N–H and O–H groups in total. The van der Waals surface area contributed by atoms with Crippen LogP contribution < -0.4 is 10.2 Å². The summed E-state index contributed by atoms with van der Waals surface area (Å²) >= 11 is 5.82. The molecule has 1 amide bonds. The molecule has 0 spiro atoms. The second kappa shape index (κ2) is 8.36. The maximum atomic E-state index is 12.0. The van der Waals surface area contributed by atoms with Gasteiger partial charge in [-0.3, -0.25) is 14.9 Å². The zero-order valence-electron chi connectivity index (χ0n) is 14.6. The first-order chi connectivity index (χ1) is 13.5. The van der Waals surface area contributed by atoms with Gasteiger partial charge >= 0.3 is 0 Å². The Hall–Kier alpha value is -3.65. The van der Waals surface area contributed by atoms with E-state index in [4.69, 9.17) is 20.8 Å². The summed E-state index contributed by atoms with van der Waals surface area (Å²) in [6.45, 7) is 0. The third-order valence-corrected chi connectivity index (χ3v) is 3.99. The molecule has 3 aromatic rings. The summed E-state index contributed by atoms with van der Waals surface area (Å²) in [7, 11) is 1.54. The molecule has 142 valence electrons. The molecule has 2 aromatic carbocycles. The summed E-state index contributed by atoms with van der Waals surface area (Å²) in [5.41, 5.74) is 2.91. The SMILES string of the molecule is COc1ccc(C(=O)N/N=C/c2ccc(-c3ccc(Cl)cc3[N+](=O)[O-])o2)cc1. The number of furan rings is 1. The predicted molar refractivity (Wildman–Crippen MR) is 104 cm³/mol. The number of ether oxygens (including phenoxy) is 1. The number of halogens is 1. The maximum absolute atomic E-state index is 12.0. The smallest absolute Gasteiger partial charge is 0.281 e. The molecular weight excluding hydrogens is 386 g/mol. The highest BCUT2D eigenvalue weighted by molar-refractivity contribution is 6.30. The van der Waals surface area contributed by atoms with E-state index in [0.29, 0.717) is 17.1 Å². The van der Waals surface area contributed by atoms with Crippen molar-refractivity contribution < 1.29 is 18.9 Å². The fourth-order valence-corrected chi connectivity index (χ4v) is 2.56. The molecule has 0 bridgehead atoms. The Morgan fingerprint density at radius 1 is 1.21 bits per heavy atom. The van der Waals surface area contributed by atoms with E-state index in [1.54, 1.807) is 36.4 Å². The molecule has 0 aliphatic heterocycles. The van der Waals surface area contributed by atoms with Crippen LogP contribution in [0.5, 0.6) is 5.75 Å². The van der Waals surface area contributed by atoms with E-state index in [0.717, 1.165) is 0 Å². The highest BCUT2D eigenvalue weighted by Crippen LogP contribution is 2.33. The van der Waals surface area contributed by atoms with E-state index in [2.05, 4.69) is 10.5 Å². The first kappa shape index (κ1) is 19.1. The van der Waals surface area contributed by atoms with Crippen molar-refractivity contribution in [2.24, 2.45) is 5.10 Å². The number of benzene rings is 2. The number of rotatable bonds is 6. The predicted octanol–water partition coefficient (Wildman–Crippen LogP) is 4.28. The Morgan fingerprint density at radius 2 is 1.96 bits per heavy atom. The molecule has 0 atom stereocenters. The molecule has 28 heavy (non-hydrogen) atoms. The molecule has 1 heterocycles. The van der Waals surface area contributed by atoms with Crippen molar-refractivity contribution in [1.29, 1.82) is 0 Å². The lowest BCUT2D eigenvalue weighted by atomic mass is 10.1. The Kier molecular flexibility index (Phi) is 5.71. The van der Waals surface area contributed by atoms with E-state index in [1.165, 1.54) is 31.5 Å². The van der Waals surface area contributed by atoms with Gasteiger partial charge in [-0.15, -0.1) is 0 Å². The average molecular weight is 400 g/mol. The van der Waals surface area contributed by atoms with Crippen LogP contribution in [0.25, 0.3) is 11.3 Å². The van der Waals surface area contributed by atoms with E-state index in [9.17, 15) is 14.9 Å². The summed E-state index contributed by atoms with van der Waals surface area (Å²) in [5, 5.41) is 15.3. The summed E-state index contributed by atoms with van der Waals surface area (Å²) < 4.78 is 10.6. The van der Waals surface area contributed by atoms with Crippen LogP contribution in [0.2, 0.25) is 5.02 Å². The average Bonchev–Trinajstić information content (AvgIpc) is 3.16. The molecule has 0 aliphatic rings. The standard InChI is InChI=1S/C19H14ClN3O5/c1-27-14-5-2-12(3-6-14)19(24)22-21-11-15-7-9-18(28-15)16-8-4-13(20)10-17(16)23(25)26/h2-11H,1H3,(H,22,24)/b21-11+. The van der Waals surface area contributed by atoms with Crippen LogP contribution in [-0.4, -0.2) is 24.2 Å². The van der Waals surface area contributed by atoms with Crippen molar-refractivity contribution in [1.82, 2.24) is 5.43 Å². The van der Waals surface area contributed by atoms with Crippen LogP contribution in [0.15, 0.2) is 64.1 Å². The van der Waals surface area contributed by atoms with Crippen LogP contribution >= 0.6 is 11.6 Å². The van der Waals surface area contributed by atoms with Gasteiger partial charge in [0, 0.05) is 16.7 Å². The minimum Gasteiger partial charge on any atom is -0.497 e. The maximum Gasteiger partial charge on any atom is 0.281 e. The Morgan fingerprint density at radius 3 is 2.64 bits per heavy atom. The van der Waals surface area contributed by atoms with Crippen LogP contribution in [0.3, 0.4) is 0 Å². The van der Waals surface area contributed by atoms with Gasteiger partial charge in [-0.1, -0.05) is 11.6 Å². The molecule has 0 saturated carbocycles. The fourth-order valence-electron chi connectivity index (χ4n) is 2.39. The Bertz CT molecular complexity index is 1040. The van der Waals surface area contributed by atoms with Gasteiger partial charge in [0.15, 0.2) is 0 Å². The summed E-state index contributed by atoms with van der Waals surface area (Å²) in [6, 6.07) is 14.0. The van der Waals surface area contributed by atoms with Gasteiger partial charge in [-0.25, -0.2) is 5.43 Å². The second-order valence-corrected chi connectivity index (χ2v) is 5.98. The molecular formula is C19H14ClN3O5. The third-order valence-electron chi connectivity index (χ3n) is 3.76. The summed E-state index contributed by atoms with van der Waals surface area (Å²) in [4.78, 5) is 22.7. The largest absolute Gasteiger partial charge is 0.497 e. The number of nitrogens with one attached hydrogen (secondary N) is 1. The molecule has 0 unspecified atom stereocenters. The summed E-state index contributed by atoms with van der Waals surface area (Å²) in [5.74, 6) is 0.832. The molecule has 0 radical (unpaired) electrons. The number of nitro benzene ring substituents is 1. The van der Waals surface area contributed by atoms with Crippen molar-refractivity contribution in [2.45, 2.75) is 0 Å². The second-order valence-electron chi connectivity index (χ2n) is 5.55. The number of hydrogen-bond donors (Lipinski definition) is 1. The monoisotopic (exact) mass is 399 g/mol. The van der Waals surface area contributed by atoms with E-state index in [-0.39, 0.29) is 22.0 Å². The van der Waals surface area contributed by atoms with Gasteiger partial charge in [0.25, 0.3) is 11.6 Å². The lowest BCUT2D eigenvalue weighted by molar-refractivity contribution is -0.384. The van der Waals surface area contributed by atoms with Crippen molar-refractivity contribution >= 4 is 29.4 Å². The van der Waals surface area contributed by atoms with E-state index in [1.807, 2.05) is 0 Å². The Balaban J connectivity index is 1.71. The molecule has 0 aliphatic carbocycles. The quantitative estimate of drug-likeness (QED) is 0.378. The topological polar surface area (TPSA) is 107 Å². The van der Waals surface area contributed by atoms with Crippen LogP contribution in [-0.2, 0) is 0 Å². The van der Waals surface area contributed by atoms with Crippen LogP contribution in [0, 0.1) is 10.1 Å². The number of amides is 1. The number of nitro groups is 1. The highest BCUT2D eigenvalue weighted by Gasteiger charge is 2.18. The lowest BCUT2D eigenvalue weighted by Crippen LogP contribution is -2.17. The number of carbonyl (C=O) groups excluding carboxylic acids is 1. The van der Waals surface area contributed by atoms with Gasteiger partial charge in [0.1, 0.15) is 17.3 Å². The van der Waals surface area contributed by atoms with Gasteiger partial charge in [-0.05, 0) is 48.5 Å². The normalized spacial score (nSPS) is 10.8. The van der Waals surface area contributed by atoms with E-state index >= 15 is 0 Å². The fraction of sp³-hybridized carbons (Fsp3) is 0.0526. The van der Waals surface area contributed by atoms with Crippen molar-refractivity contribution in [3.05, 3.63) is 81.1 Å². The number of nitrogens with zero attached hydrogens (tertiary/aromatic N) is 2. The summed E-state index contributed by atoms with van der Waals surface area (Å²) in [6.07, 6.45) is 1.30. The number of hydrazone groups is 1. The zero-order valence-corrected chi connectivity index (χ0v) is 15.3. The first-order valence-corrected chi connectivity index (χ1v) is 8.37. The molecule has 0 fully saturated rings. The number of methoxy groups -OCH3 is 1. The van der Waals surface area contributed by atoms with Gasteiger partial charge < -0.3 is 9.15 Å². The minimum atomic E-state index is -0.535. The molecule has 1 aromatic heterocycles. The lowest BCUT2D eigenvalue weighted by Gasteiger charge is -2.02. The molecule has 8 nitrogen and oxygen atoms in total. The Labute approximate surface area is 164 Å². The highest BCUT2D eigenvalue weighted by atomic mass is 35.5. The van der Waals surface area contributed by atoms with Crippen molar-refractivity contribution in [3.8, 4) is 17.1 Å². The van der Waals surface area contributed by atoms with Crippen LogP contribution in [0.1, 0.15) is 16.1 Å². The van der Waals surface area contributed by atoms with E-state index < -0.39 is 10.8 Å². The van der Waals surface area contributed by atoms with Crippen molar-refractivity contribution in [2.75, 3.05) is 7.11 Å². The molecule has 0 saturated heterocycles. The van der Waals surface area contributed by atoms with Crippen molar-refractivity contribution in [3.63, 3.8) is 0 Å². The third kappa shape index (κ3) is 4.36. The van der Waals surface area contributed by atoms with Crippen LogP contribution in [0.4, 0.5) is 5.69 Å². The van der Waals surface area contributed by atoms with Gasteiger partial charge in [0.2, 0.25) is 0 Å². The minimum absolute atomic E-state index is 0.168. The molecule has 3 rings (SSSR count). The molecule has 9 heteroatoms. The first-order valence-electron chi connectivity index (χ1n) is 7.99. The zero-order chi connectivity index (χ0) is 20.1.